The van der Waals surface area contributed by atoms with E-state index in [-0.39, 0.29) is 22.0 Å². The summed E-state index contributed by atoms with van der Waals surface area (Å²) in [7, 11) is 0. The summed E-state index contributed by atoms with van der Waals surface area (Å²) in [6.45, 7) is 4.08. The van der Waals surface area contributed by atoms with Gasteiger partial charge in [0.25, 0.3) is 0 Å². The van der Waals surface area contributed by atoms with Gasteiger partial charge in [-0.3, -0.25) is 0 Å². The fourth-order valence-electron chi connectivity index (χ4n) is 0.281. The Morgan fingerprint density at radius 3 is 1.71 bits per heavy atom. The molecule has 1 rings (SSSR count). The molecule has 0 N–H and O–H groups in total. The van der Waals surface area contributed by atoms with Gasteiger partial charge < -0.3 is 0 Å². The van der Waals surface area contributed by atoms with Crippen LogP contribution in [0.2, 0.25) is 0 Å². The SMILES string of the molecule is CC1O[I-]OC1C. The van der Waals surface area contributed by atoms with E-state index in [9.17, 15) is 0 Å². The third-order valence-corrected chi connectivity index (χ3v) is 3.03. The van der Waals surface area contributed by atoms with Crippen molar-refractivity contribution < 1.29 is 28.2 Å². The average Bonchev–Trinajstić information content (AvgIpc) is 1.91. The molecule has 1 heterocycles. The third kappa shape index (κ3) is 1.27. The van der Waals surface area contributed by atoms with E-state index in [0.29, 0.717) is 12.2 Å². The molecule has 0 spiro atoms. The Bertz CT molecular complexity index is 58.7. The molecule has 0 bridgehead atoms. The van der Waals surface area contributed by atoms with Gasteiger partial charge in [-0.15, -0.1) is 0 Å². The summed E-state index contributed by atoms with van der Waals surface area (Å²) in [5, 5.41) is 0. The molecule has 1 aliphatic heterocycles. The zero-order valence-corrected chi connectivity index (χ0v) is 6.51. The van der Waals surface area contributed by atoms with Crippen LogP contribution in [0, 0.1) is 0 Å². The van der Waals surface area contributed by atoms with Gasteiger partial charge in [-0.05, 0) is 0 Å². The Hall–Kier alpha value is 0.650. The fourth-order valence-corrected chi connectivity index (χ4v) is 1.88. The van der Waals surface area contributed by atoms with Crippen LogP contribution in [0.5, 0.6) is 0 Å². The fraction of sp³-hybridized carbons (Fsp3) is 1.00. The molecule has 0 aromatic heterocycles. The molecule has 0 aliphatic carbocycles. The average molecular weight is 215 g/mol. The third-order valence-electron chi connectivity index (χ3n) is 1.01. The van der Waals surface area contributed by atoms with Gasteiger partial charge in [0, 0.05) is 0 Å². The summed E-state index contributed by atoms with van der Waals surface area (Å²) < 4.78 is 10.3. The van der Waals surface area contributed by atoms with Crippen LogP contribution < -0.4 is 22.0 Å². The Morgan fingerprint density at radius 1 is 1.14 bits per heavy atom. The van der Waals surface area contributed by atoms with E-state index in [1.807, 2.05) is 13.8 Å². The number of hydrogen-bond donors (Lipinski definition) is 0. The minimum atomic E-state index is -0.338. The minimum absolute atomic E-state index is 0.338. The molecular formula is C4H8IO2-. The summed E-state index contributed by atoms with van der Waals surface area (Å²) in [4.78, 5) is 0. The standard InChI is InChI=1S/C4H8IO2/c1-3-4(2)7-5-6-3/h3-4H,1-2H3/q-1. The second-order valence-corrected chi connectivity index (χ2v) is 3.03. The van der Waals surface area contributed by atoms with Crippen molar-refractivity contribution >= 4 is 0 Å². The molecule has 0 saturated carbocycles. The van der Waals surface area contributed by atoms with Crippen LogP contribution in [-0.4, -0.2) is 12.2 Å². The Morgan fingerprint density at radius 2 is 1.57 bits per heavy atom. The predicted molar refractivity (Wildman–Crippen MR) is 21.1 cm³/mol. The van der Waals surface area contributed by atoms with E-state index in [1.165, 1.54) is 0 Å². The molecule has 1 saturated heterocycles. The molecule has 2 nitrogen and oxygen atoms in total. The van der Waals surface area contributed by atoms with E-state index in [0.717, 1.165) is 0 Å². The van der Waals surface area contributed by atoms with Crippen molar-refractivity contribution in [3.05, 3.63) is 0 Å². The van der Waals surface area contributed by atoms with E-state index < -0.39 is 0 Å². The molecule has 1 fully saturated rings. The van der Waals surface area contributed by atoms with Crippen LogP contribution in [0.15, 0.2) is 0 Å². The van der Waals surface area contributed by atoms with Gasteiger partial charge in [0.05, 0.1) is 0 Å². The van der Waals surface area contributed by atoms with Gasteiger partial charge in [0.2, 0.25) is 0 Å². The molecular weight excluding hydrogens is 207 g/mol. The van der Waals surface area contributed by atoms with Crippen LogP contribution >= 0.6 is 0 Å². The Labute approximate surface area is 54.5 Å². The van der Waals surface area contributed by atoms with Gasteiger partial charge in [0.1, 0.15) is 0 Å². The molecule has 44 valence electrons. The molecule has 0 aromatic rings. The first-order valence-corrected chi connectivity index (χ1v) is 4.03. The molecule has 0 radical (unpaired) electrons. The van der Waals surface area contributed by atoms with Crippen molar-refractivity contribution in [3.63, 3.8) is 0 Å². The first-order chi connectivity index (χ1) is 3.30. The van der Waals surface area contributed by atoms with Gasteiger partial charge in [-0.2, -0.15) is 0 Å². The van der Waals surface area contributed by atoms with E-state index in [1.54, 1.807) is 0 Å². The normalized spacial score (nSPS) is 43.1. The van der Waals surface area contributed by atoms with Crippen LogP contribution in [-0.2, 0) is 6.13 Å². The zero-order chi connectivity index (χ0) is 5.28. The van der Waals surface area contributed by atoms with E-state index >= 15 is 0 Å². The summed E-state index contributed by atoms with van der Waals surface area (Å²) >= 11 is -0.338. The van der Waals surface area contributed by atoms with E-state index in [4.69, 9.17) is 6.13 Å². The monoisotopic (exact) mass is 215 g/mol. The van der Waals surface area contributed by atoms with Crippen LogP contribution in [0.1, 0.15) is 13.8 Å². The first kappa shape index (κ1) is 5.78. The van der Waals surface area contributed by atoms with Crippen LogP contribution in [0.25, 0.3) is 0 Å². The summed E-state index contributed by atoms with van der Waals surface area (Å²) in [6, 6.07) is 0. The Kier molecular flexibility index (Phi) is 1.88. The summed E-state index contributed by atoms with van der Waals surface area (Å²) in [6.07, 6.45) is 0.681. The van der Waals surface area contributed by atoms with Crippen LogP contribution in [0.3, 0.4) is 0 Å². The quantitative estimate of drug-likeness (QED) is 0.424. The van der Waals surface area contributed by atoms with Crippen molar-refractivity contribution in [2.24, 2.45) is 0 Å². The van der Waals surface area contributed by atoms with E-state index in [2.05, 4.69) is 0 Å². The second-order valence-electron chi connectivity index (χ2n) is 1.65. The van der Waals surface area contributed by atoms with Crippen LogP contribution in [0.4, 0.5) is 0 Å². The number of rotatable bonds is 0. The van der Waals surface area contributed by atoms with Crippen molar-refractivity contribution in [3.8, 4) is 0 Å². The van der Waals surface area contributed by atoms with Gasteiger partial charge in [-0.1, -0.05) is 0 Å². The first-order valence-electron chi connectivity index (χ1n) is 2.27. The molecule has 0 amide bonds. The predicted octanol–water partition coefficient (Wildman–Crippen LogP) is -2.27. The maximum atomic E-state index is 5.15. The molecule has 0 aromatic carbocycles. The zero-order valence-electron chi connectivity index (χ0n) is 4.35. The molecule has 1 aliphatic rings. The topological polar surface area (TPSA) is 18.5 Å². The molecule has 2 atom stereocenters. The summed E-state index contributed by atoms with van der Waals surface area (Å²) in [5.41, 5.74) is 0. The maximum absolute atomic E-state index is 5.15. The Balaban J connectivity index is 2.33. The van der Waals surface area contributed by atoms with Crippen molar-refractivity contribution in [1.82, 2.24) is 0 Å². The van der Waals surface area contributed by atoms with Gasteiger partial charge in [-0.25, -0.2) is 0 Å². The van der Waals surface area contributed by atoms with Crippen molar-refractivity contribution in [1.29, 1.82) is 0 Å². The molecule has 3 heteroatoms. The summed E-state index contributed by atoms with van der Waals surface area (Å²) in [5.74, 6) is 0. The number of hydrogen-bond acceptors (Lipinski definition) is 2. The molecule has 2 unspecified atom stereocenters. The molecule has 7 heavy (non-hydrogen) atoms. The van der Waals surface area contributed by atoms with Crippen molar-refractivity contribution in [2.75, 3.05) is 0 Å². The van der Waals surface area contributed by atoms with Gasteiger partial charge >= 0.3 is 54.2 Å². The number of halogens is 1. The second kappa shape index (κ2) is 2.28. The van der Waals surface area contributed by atoms with Gasteiger partial charge in [0.15, 0.2) is 0 Å². The van der Waals surface area contributed by atoms with Crippen molar-refractivity contribution in [2.45, 2.75) is 26.1 Å².